The minimum Gasteiger partial charge on any atom is -0.370 e. The van der Waals surface area contributed by atoms with Crippen molar-refractivity contribution in [2.45, 2.75) is 9.92 Å². The van der Waals surface area contributed by atoms with Gasteiger partial charge < -0.3 is 17.2 Å². The largest absolute Gasteiger partial charge is 0.370 e. The minimum atomic E-state index is -0.164. The van der Waals surface area contributed by atoms with E-state index in [0.29, 0.717) is 16.3 Å². The van der Waals surface area contributed by atoms with E-state index in [0.717, 1.165) is 4.90 Å². The van der Waals surface area contributed by atoms with Crippen LogP contribution in [0.2, 0.25) is 0 Å². The van der Waals surface area contributed by atoms with Crippen LogP contribution in [0, 0.1) is 11.3 Å². The van der Waals surface area contributed by atoms with Crippen LogP contribution in [0.4, 0.5) is 5.69 Å². The summed E-state index contributed by atoms with van der Waals surface area (Å²) in [4.78, 5) is 12.8. The summed E-state index contributed by atoms with van der Waals surface area (Å²) in [5.41, 5.74) is 17.3. The van der Waals surface area contributed by atoms with Crippen molar-refractivity contribution >= 4 is 29.4 Å². The molecule has 1 heterocycles. The monoisotopic (exact) mass is 311 g/mol. The number of benzene rings is 1. The molecule has 110 valence electrons. The molecule has 0 aliphatic carbocycles. The second-order valence-electron chi connectivity index (χ2n) is 4.04. The Kier molecular flexibility index (Phi) is 4.95. The summed E-state index contributed by atoms with van der Waals surface area (Å²) < 4.78 is 0. The van der Waals surface area contributed by atoms with Crippen molar-refractivity contribution in [3.63, 3.8) is 0 Å². The smallest absolute Gasteiger partial charge is 0.223 e. The van der Waals surface area contributed by atoms with Crippen molar-refractivity contribution in [3.05, 3.63) is 48.2 Å². The van der Waals surface area contributed by atoms with Crippen LogP contribution in [-0.2, 0) is 0 Å². The van der Waals surface area contributed by atoms with Gasteiger partial charge in [-0.05, 0) is 24.3 Å². The number of aromatic nitrogens is 1. The molecule has 0 spiro atoms. The van der Waals surface area contributed by atoms with Crippen molar-refractivity contribution in [3.8, 4) is 6.07 Å². The number of hydrogen-bond acceptors (Lipinski definition) is 4. The van der Waals surface area contributed by atoms with Crippen molar-refractivity contribution in [2.24, 2.45) is 27.2 Å². The maximum absolute atomic E-state index is 9.11. The second-order valence-corrected chi connectivity index (χ2v) is 5.08. The number of nitriles is 1. The van der Waals surface area contributed by atoms with E-state index in [4.69, 9.17) is 22.5 Å². The lowest BCUT2D eigenvalue weighted by atomic mass is 10.3. The zero-order valence-electron chi connectivity index (χ0n) is 11.5. The standard InChI is InChI=1S/C14H13N7S/c15-8-9-4-3-7-19-12(9)22-11-6-2-1-5-10(11)20-14(18)21-13(16)17/h1-7H,(H6,16,17,18,20,21). The van der Waals surface area contributed by atoms with Gasteiger partial charge in [0.05, 0.1) is 11.3 Å². The zero-order chi connectivity index (χ0) is 15.9. The van der Waals surface area contributed by atoms with Crippen LogP contribution in [0.3, 0.4) is 0 Å². The third-order valence-electron chi connectivity index (χ3n) is 2.44. The molecule has 1 aromatic carbocycles. The number of nitrogens with zero attached hydrogens (tertiary/aromatic N) is 4. The number of pyridine rings is 1. The number of para-hydroxylation sites is 1. The quantitative estimate of drug-likeness (QED) is 0.577. The first-order chi connectivity index (χ1) is 10.6. The Labute approximate surface area is 131 Å². The molecule has 0 atom stereocenters. The molecule has 7 nitrogen and oxygen atoms in total. The van der Waals surface area contributed by atoms with Crippen LogP contribution < -0.4 is 17.2 Å². The fourth-order valence-corrected chi connectivity index (χ4v) is 2.49. The molecule has 0 bridgehead atoms. The molecular weight excluding hydrogens is 298 g/mol. The molecular formula is C14H13N7S. The predicted octanol–water partition coefficient (Wildman–Crippen LogP) is 1.32. The van der Waals surface area contributed by atoms with Crippen LogP contribution in [0.1, 0.15) is 5.56 Å². The third-order valence-corrected chi connectivity index (χ3v) is 3.53. The Morgan fingerprint density at radius 3 is 2.64 bits per heavy atom. The van der Waals surface area contributed by atoms with Crippen LogP contribution in [0.5, 0.6) is 0 Å². The Balaban J connectivity index is 2.38. The van der Waals surface area contributed by atoms with E-state index >= 15 is 0 Å². The Hall–Kier alpha value is -3.05. The summed E-state index contributed by atoms with van der Waals surface area (Å²) in [6.07, 6.45) is 1.63. The van der Waals surface area contributed by atoms with Crippen molar-refractivity contribution in [1.29, 1.82) is 5.26 Å². The van der Waals surface area contributed by atoms with Crippen molar-refractivity contribution < 1.29 is 0 Å². The van der Waals surface area contributed by atoms with Crippen LogP contribution in [-0.4, -0.2) is 16.9 Å². The first-order valence-corrected chi connectivity index (χ1v) is 6.97. The fraction of sp³-hybridized carbons (Fsp3) is 0. The van der Waals surface area contributed by atoms with Gasteiger partial charge in [0.1, 0.15) is 11.1 Å². The maximum atomic E-state index is 9.11. The highest BCUT2D eigenvalue weighted by Gasteiger charge is 2.08. The Morgan fingerprint density at radius 2 is 1.91 bits per heavy atom. The molecule has 0 radical (unpaired) electrons. The molecule has 8 heteroatoms. The zero-order valence-corrected chi connectivity index (χ0v) is 12.3. The third kappa shape index (κ3) is 3.97. The van der Waals surface area contributed by atoms with Crippen LogP contribution >= 0.6 is 11.8 Å². The van der Waals surface area contributed by atoms with Crippen molar-refractivity contribution in [2.75, 3.05) is 0 Å². The Bertz CT molecular complexity index is 773. The summed E-state index contributed by atoms with van der Waals surface area (Å²) in [7, 11) is 0. The second kappa shape index (κ2) is 7.10. The van der Waals surface area contributed by atoms with E-state index < -0.39 is 0 Å². The lowest BCUT2D eigenvalue weighted by Crippen LogP contribution is -2.26. The van der Waals surface area contributed by atoms with Gasteiger partial charge in [-0.2, -0.15) is 10.3 Å². The molecule has 0 saturated carbocycles. The fourth-order valence-electron chi connectivity index (χ4n) is 1.58. The molecule has 0 saturated heterocycles. The topological polar surface area (TPSA) is 139 Å². The van der Waals surface area contributed by atoms with Crippen molar-refractivity contribution in [1.82, 2.24) is 4.98 Å². The maximum Gasteiger partial charge on any atom is 0.223 e. The average Bonchev–Trinajstić information content (AvgIpc) is 2.49. The summed E-state index contributed by atoms with van der Waals surface area (Å²) in [5.74, 6) is -0.211. The molecule has 2 rings (SSSR count). The minimum absolute atomic E-state index is 0.0467. The lowest BCUT2D eigenvalue weighted by molar-refractivity contribution is 1.11. The summed E-state index contributed by atoms with van der Waals surface area (Å²) in [5, 5.41) is 9.70. The molecule has 6 N–H and O–H groups in total. The highest BCUT2D eigenvalue weighted by molar-refractivity contribution is 7.99. The summed E-state index contributed by atoms with van der Waals surface area (Å²) >= 11 is 1.32. The molecule has 1 aromatic heterocycles. The normalized spacial score (nSPS) is 10.8. The first-order valence-electron chi connectivity index (χ1n) is 6.16. The SMILES string of the molecule is N#Cc1cccnc1Sc1ccccc1N=C(N)N=C(N)N. The number of guanidine groups is 2. The van der Waals surface area contributed by atoms with E-state index in [1.807, 2.05) is 18.2 Å². The predicted molar refractivity (Wildman–Crippen MR) is 86.6 cm³/mol. The van der Waals surface area contributed by atoms with Gasteiger partial charge in [0.2, 0.25) is 5.96 Å². The summed E-state index contributed by atoms with van der Waals surface area (Å²) in [6.45, 7) is 0. The number of hydrogen-bond donors (Lipinski definition) is 3. The van der Waals surface area contributed by atoms with Crippen LogP contribution in [0.25, 0.3) is 0 Å². The van der Waals surface area contributed by atoms with Gasteiger partial charge in [0, 0.05) is 11.1 Å². The van der Waals surface area contributed by atoms with Gasteiger partial charge >= 0.3 is 0 Å². The van der Waals surface area contributed by atoms with E-state index in [-0.39, 0.29) is 11.9 Å². The molecule has 0 amide bonds. The molecule has 22 heavy (non-hydrogen) atoms. The molecule has 0 unspecified atom stereocenters. The van der Waals surface area contributed by atoms with Gasteiger partial charge in [0.15, 0.2) is 5.96 Å². The number of rotatable bonds is 3. The Morgan fingerprint density at radius 1 is 1.14 bits per heavy atom. The van der Waals surface area contributed by atoms with Gasteiger partial charge in [-0.1, -0.05) is 23.9 Å². The molecule has 0 aliphatic heterocycles. The highest BCUT2D eigenvalue weighted by atomic mass is 32.2. The van der Waals surface area contributed by atoms with Gasteiger partial charge in [-0.3, -0.25) is 0 Å². The van der Waals surface area contributed by atoms with E-state index in [2.05, 4.69) is 21.0 Å². The van der Waals surface area contributed by atoms with E-state index in [1.165, 1.54) is 11.8 Å². The summed E-state index contributed by atoms with van der Waals surface area (Å²) in [6, 6.07) is 12.8. The van der Waals surface area contributed by atoms with Crippen LogP contribution in [0.15, 0.2) is 62.5 Å². The number of aliphatic imine (C=N–C) groups is 2. The van der Waals surface area contributed by atoms with Gasteiger partial charge in [-0.25, -0.2) is 9.98 Å². The van der Waals surface area contributed by atoms with E-state index in [1.54, 1.807) is 24.4 Å². The highest BCUT2D eigenvalue weighted by Crippen LogP contribution is 2.35. The average molecular weight is 311 g/mol. The molecule has 0 fully saturated rings. The number of nitrogens with two attached hydrogens (primary N) is 3. The van der Waals surface area contributed by atoms with Gasteiger partial charge in [0.25, 0.3) is 0 Å². The molecule has 0 aliphatic rings. The molecule has 2 aromatic rings. The first kappa shape index (κ1) is 15.3. The van der Waals surface area contributed by atoms with E-state index in [9.17, 15) is 0 Å². The lowest BCUT2D eigenvalue weighted by Gasteiger charge is -2.06. The van der Waals surface area contributed by atoms with Gasteiger partial charge in [-0.15, -0.1) is 0 Å².